The molecule has 0 saturated carbocycles. The molecule has 0 bridgehead atoms. The van der Waals surface area contributed by atoms with E-state index in [0.29, 0.717) is 23.3 Å². The fourth-order valence-electron chi connectivity index (χ4n) is 4.17. The molecule has 7 heteroatoms. The lowest BCUT2D eigenvalue weighted by Gasteiger charge is -2.46. The van der Waals surface area contributed by atoms with Crippen LogP contribution in [0.1, 0.15) is 23.3 Å². The van der Waals surface area contributed by atoms with Crippen molar-refractivity contribution in [3.63, 3.8) is 0 Å². The van der Waals surface area contributed by atoms with E-state index in [4.69, 9.17) is 0 Å². The van der Waals surface area contributed by atoms with Gasteiger partial charge in [0.15, 0.2) is 9.84 Å². The minimum absolute atomic E-state index is 0.366. The summed E-state index contributed by atoms with van der Waals surface area (Å²) < 4.78 is 22.7. The Morgan fingerprint density at radius 1 is 1.09 bits per heavy atom. The Bertz CT molecular complexity index is 872. The van der Waals surface area contributed by atoms with Crippen LogP contribution in [0.5, 0.6) is 0 Å². The third-order valence-corrected chi connectivity index (χ3v) is 8.62. The average Bonchev–Trinajstić information content (AvgIpc) is 2.83. The van der Waals surface area contributed by atoms with Crippen LogP contribution < -0.4 is 4.90 Å². The van der Waals surface area contributed by atoms with Crippen LogP contribution in [0.25, 0.3) is 10.2 Å². The molecule has 5 rings (SSSR count). The summed E-state index contributed by atoms with van der Waals surface area (Å²) in [4.78, 5) is 14.0. The van der Waals surface area contributed by atoms with Gasteiger partial charge in [-0.3, -0.25) is 0 Å². The SMILES string of the molecule is O=S1(=O)CC(C2CN(c3ncnc4sc5c(c34)CCCC5)C2)C1. The van der Waals surface area contributed by atoms with Crippen LogP contribution in [-0.4, -0.2) is 43.0 Å². The Labute approximate surface area is 139 Å². The van der Waals surface area contributed by atoms with Gasteiger partial charge in [0, 0.05) is 18.0 Å². The molecule has 23 heavy (non-hydrogen) atoms. The Morgan fingerprint density at radius 2 is 1.87 bits per heavy atom. The number of hydrogen-bond acceptors (Lipinski definition) is 6. The van der Waals surface area contributed by atoms with Gasteiger partial charge in [0.25, 0.3) is 0 Å². The molecule has 0 unspecified atom stereocenters. The molecule has 1 aliphatic carbocycles. The summed E-state index contributed by atoms with van der Waals surface area (Å²) >= 11 is 1.83. The van der Waals surface area contributed by atoms with Gasteiger partial charge in [-0.15, -0.1) is 11.3 Å². The molecular formula is C16H19N3O2S2. The van der Waals surface area contributed by atoms with E-state index >= 15 is 0 Å². The molecule has 0 amide bonds. The minimum atomic E-state index is -2.71. The molecule has 122 valence electrons. The molecule has 0 spiro atoms. The molecule has 0 aromatic carbocycles. The van der Waals surface area contributed by atoms with Crippen LogP contribution in [-0.2, 0) is 22.7 Å². The summed E-state index contributed by atoms with van der Waals surface area (Å²) in [6.07, 6.45) is 6.55. The van der Waals surface area contributed by atoms with E-state index in [9.17, 15) is 8.42 Å². The first-order valence-corrected chi connectivity index (χ1v) is 10.9. The standard InChI is InChI=1S/C16H19N3O2S2/c20-23(21)7-11(8-23)10-5-19(6-10)15-14-12-3-1-2-4-13(12)22-16(14)18-9-17-15/h9-11H,1-8H2. The highest BCUT2D eigenvalue weighted by atomic mass is 32.2. The summed E-state index contributed by atoms with van der Waals surface area (Å²) in [5.74, 6) is 2.73. The van der Waals surface area contributed by atoms with Gasteiger partial charge >= 0.3 is 0 Å². The van der Waals surface area contributed by atoms with Crippen LogP contribution in [0.15, 0.2) is 6.33 Å². The summed E-state index contributed by atoms with van der Waals surface area (Å²) in [6, 6.07) is 0. The molecule has 0 N–H and O–H groups in total. The molecule has 0 atom stereocenters. The van der Waals surface area contributed by atoms with Crippen molar-refractivity contribution >= 4 is 37.2 Å². The van der Waals surface area contributed by atoms with E-state index < -0.39 is 9.84 Å². The Hall–Kier alpha value is -1.21. The lowest BCUT2D eigenvalue weighted by atomic mass is 9.87. The lowest BCUT2D eigenvalue weighted by Crippen LogP contribution is -2.56. The molecule has 2 aromatic heterocycles. The maximum absolute atomic E-state index is 11.4. The van der Waals surface area contributed by atoms with Crippen molar-refractivity contribution in [2.75, 3.05) is 29.5 Å². The number of aryl methyl sites for hydroxylation is 2. The molecular weight excluding hydrogens is 330 g/mol. The van der Waals surface area contributed by atoms with Gasteiger partial charge in [-0.2, -0.15) is 0 Å². The van der Waals surface area contributed by atoms with Gasteiger partial charge in [0.1, 0.15) is 17.0 Å². The zero-order valence-electron chi connectivity index (χ0n) is 12.9. The Kier molecular flexibility index (Phi) is 3.01. The summed E-state index contributed by atoms with van der Waals surface area (Å²) in [6.45, 7) is 1.88. The number of thiophene rings is 1. The zero-order chi connectivity index (χ0) is 15.6. The molecule has 2 fully saturated rings. The van der Waals surface area contributed by atoms with Crippen molar-refractivity contribution in [3.05, 3.63) is 16.8 Å². The number of rotatable bonds is 2. The normalized spacial score (nSPS) is 24.3. The second-order valence-corrected chi connectivity index (χ2v) is 10.3. The molecule has 2 aliphatic heterocycles. The van der Waals surface area contributed by atoms with Crippen molar-refractivity contribution in [2.24, 2.45) is 11.8 Å². The van der Waals surface area contributed by atoms with Crippen molar-refractivity contribution in [1.82, 2.24) is 9.97 Å². The minimum Gasteiger partial charge on any atom is -0.355 e. The second kappa shape index (κ2) is 4.89. The topological polar surface area (TPSA) is 63.2 Å². The van der Waals surface area contributed by atoms with E-state index in [1.807, 2.05) is 11.3 Å². The van der Waals surface area contributed by atoms with Crippen LogP contribution in [0.4, 0.5) is 5.82 Å². The van der Waals surface area contributed by atoms with E-state index in [1.54, 1.807) is 6.33 Å². The quantitative estimate of drug-likeness (QED) is 0.830. The zero-order valence-corrected chi connectivity index (χ0v) is 14.5. The highest BCUT2D eigenvalue weighted by Crippen LogP contribution is 2.42. The average molecular weight is 349 g/mol. The highest BCUT2D eigenvalue weighted by molar-refractivity contribution is 7.92. The fourth-order valence-corrected chi connectivity index (χ4v) is 7.15. The van der Waals surface area contributed by atoms with Crippen LogP contribution in [0, 0.1) is 11.8 Å². The number of sulfone groups is 1. The smallest absolute Gasteiger partial charge is 0.150 e. The van der Waals surface area contributed by atoms with E-state index in [0.717, 1.165) is 30.2 Å². The molecule has 5 nitrogen and oxygen atoms in total. The van der Waals surface area contributed by atoms with Crippen molar-refractivity contribution in [2.45, 2.75) is 25.7 Å². The first kappa shape index (κ1) is 14.2. The summed E-state index contributed by atoms with van der Waals surface area (Å²) in [7, 11) is -2.71. The molecule has 2 saturated heterocycles. The van der Waals surface area contributed by atoms with Crippen LogP contribution in [0.3, 0.4) is 0 Å². The maximum Gasteiger partial charge on any atom is 0.150 e. The van der Waals surface area contributed by atoms with Gasteiger partial charge in [0.05, 0.1) is 16.9 Å². The molecule has 4 heterocycles. The number of hydrogen-bond donors (Lipinski definition) is 0. The van der Waals surface area contributed by atoms with Crippen molar-refractivity contribution < 1.29 is 8.42 Å². The number of fused-ring (bicyclic) bond motifs is 3. The highest BCUT2D eigenvalue weighted by Gasteiger charge is 2.44. The van der Waals surface area contributed by atoms with Gasteiger partial charge in [-0.05, 0) is 43.1 Å². The van der Waals surface area contributed by atoms with E-state index in [-0.39, 0.29) is 0 Å². The summed E-state index contributed by atoms with van der Waals surface area (Å²) in [5, 5.41) is 1.27. The van der Waals surface area contributed by atoms with Crippen molar-refractivity contribution in [3.8, 4) is 0 Å². The van der Waals surface area contributed by atoms with E-state index in [2.05, 4.69) is 14.9 Å². The second-order valence-electron chi connectivity index (χ2n) is 7.09. The number of nitrogens with zero attached hydrogens (tertiary/aromatic N) is 3. The molecule has 2 aromatic rings. The van der Waals surface area contributed by atoms with Gasteiger partial charge in [0.2, 0.25) is 0 Å². The third kappa shape index (κ3) is 2.20. The van der Waals surface area contributed by atoms with Gasteiger partial charge in [-0.25, -0.2) is 18.4 Å². The molecule has 0 radical (unpaired) electrons. The maximum atomic E-state index is 11.4. The predicted octanol–water partition coefficient (Wildman–Crippen LogP) is 2.05. The molecule has 3 aliphatic rings. The number of anilines is 1. The van der Waals surface area contributed by atoms with Crippen LogP contribution in [0.2, 0.25) is 0 Å². The van der Waals surface area contributed by atoms with Crippen LogP contribution >= 0.6 is 11.3 Å². The number of aromatic nitrogens is 2. The first-order valence-electron chi connectivity index (χ1n) is 8.31. The first-order chi connectivity index (χ1) is 11.1. The Morgan fingerprint density at radius 3 is 2.65 bits per heavy atom. The summed E-state index contributed by atoms with van der Waals surface area (Å²) in [5.41, 5.74) is 1.47. The third-order valence-electron chi connectivity index (χ3n) is 5.54. The van der Waals surface area contributed by atoms with Gasteiger partial charge < -0.3 is 4.90 Å². The van der Waals surface area contributed by atoms with Gasteiger partial charge in [-0.1, -0.05) is 0 Å². The van der Waals surface area contributed by atoms with Crippen molar-refractivity contribution in [1.29, 1.82) is 0 Å². The predicted molar refractivity (Wildman–Crippen MR) is 91.9 cm³/mol. The monoisotopic (exact) mass is 349 g/mol. The van der Waals surface area contributed by atoms with E-state index in [1.165, 1.54) is 35.1 Å². The largest absolute Gasteiger partial charge is 0.355 e. The fraction of sp³-hybridized carbons (Fsp3) is 0.625. The lowest BCUT2D eigenvalue weighted by molar-refractivity contribution is 0.294. The Balaban J connectivity index is 1.42.